The van der Waals surface area contributed by atoms with E-state index in [1.54, 1.807) is 0 Å². The first-order valence-corrected chi connectivity index (χ1v) is 7.14. The molecule has 0 radical (unpaired) electrons. The normalized spacial score (nSPS) is 12.2. The van der Waals surface area contributed by atoms with Gasteiger partial charge in [-0.25, -0.2) is 4.98 Å². The van der Waals surface area contributed by atoms with Crippen LogP contribution in [0.3, 0.4) is 0 Å². The Morgan fingerprint density at radius 3 is 2.63 bits per heavy atom. The minimum atomic E-state index is 0.430. The maximum Gasteiger partial charge on any atom is 0.158 e. The van der Waals surface area contributed by atoms with E-state index in [-0.39, 0.29) is 0 Å². The zero-order chi connectivity index (χ0) is 14.2. The second-order valence-corrected chi connectivity index (χ2v) is 5.54. The van der Waals surface area contributed by atoms with Crippen molar-refractivity contribution >= 4 is 22.8 Å². The minimum absolute atomic E-state index is 0.430. The molecule has 2 aromatic heterocycles. The van der Waals surface area contributed by atoms with Crippen LogP contribution in [-0.2, 0) is 19.5 Å². The highest BCUT2D eigenvalue weighted by Gasteiger charge is 2.17. The fraction of sp³-hybridized carbons (Fsp3) is 0.692. The van der Waals surface area contributed by atoms with Crippen LogP contribution in [0.2, 0.25) is 0 Å². The van der Waals surface area contributed by atoms with E-state index in [2.05, 4.69) is 40.4 Å². The van der Waals surface area contributed by atoms with E-state index >= 15 is 0 Å². The van der Waals surface area contributed by atoms with Gasteiger partial charge in [0, 0.05) is 26.2 Å². The van der Waals surface area contributed by atoms with Crippen molar-refractivity contribution in [2.75, 3.05) is 13.6 Å². The highest BCUT2D eigenvalue weighted by molar-refractivity contribution is 6.16. The van der Waals surface area contributed by atoms with E-state index in [0.717, 1.165) is 35.8 Å². The standard InChI is InChI=1S/C13H22ClN5/c1-9(2)17(4)6-7-19-11(8-14)15-12-10(3)16-18(5)13(12)19/h9H,6-8H2,1-5H3. The first kappa shape index (κ1) is 14.3. The van der Waals surface area contributed by atoms with Crippen LogP contribution >= 0.6 is 11.6 Å². The van der Waals surface area contributed by atoms with Gasteiger partial charge in [-0.05, 0) is 27.8 Å². The largest absolute Gasteiger partial charge is 0.311 e. The topological polar surface area (TPSA) is 38.9 Å². The second-order valence-electron chi connectivity index (χ2n) is 5.27. The fourth-order valence-electron chi connectivity index (χ4n) is 2.23. The molecule has 0 spiro atoms. The van der Waals surface area contributed by atoms with Crippen LogP contribution in [0.15, 0.2) is 0 Å². The number of hydrogen-bond acceptors (Lipinski definition) is 3. The first-order valence-electron chi connectivity index (χ1n) is 6.60. The van der Waals surface area contributed by atoms with Crippen molar-refractivity contribution < 1.29 is 0 Å². The maximum absolute atomic E-state index is 6.02. The predicted octanol–water partition coefficient (Wildman–Crippen LogP) is 2.16. The van der Waals surface area contributed by atoms with Crippen molar-refractivity contribution in [3.05, 3.63) is 11.5 Å². The van der Waals surface area contributed by atoms with Gasteiger partial charge in [0.05, 0.1) is 11.6 Å². The molecule has 106 valence electrons. The van der Waals surface area contributed by atoms with E-state index in [9.17, 15) is 0 Å². The van der Waals surface area contributed by atoms with Crippen molar-refractivity contribution in [3.8, 4) is 0 Å². The monoisotopic (exact) mass is 283 g/mol. The van der Waals surface area contributed by atoms with Crippen LogP contribution < -0.4 is 0 Å². The van der Waals surface area contributed by atoms with Gasteiger partial charge >= 0.3 is 0 Å². The second kappa shape index (κ2) is 5.51. The molecule has 0 amide bonds. The van der Waals surface area contributed by atoms with E-state index in [4.69, 9.17) is 11.6 Å². The zero-order valence-electron chi connectivity index (χ0n) is 12.3. The van der Waals surface area contributed by atoms with Crippen LogP contribution in [0.25, 0.3) is 11.2 Å². The number of imidazole rings is 1. The molecule has 0 bridgehead atoms. The minimum Gasteiger partial charge on any atom is -0.311 e. The Bertz CT molecular complexity index is 569. The Hall–Kier alpha value is -1.07. The van der Waals surface area contributed by atoms with Gasteiger partial charge in [0.25, 0.3) is 0 Å². The number of halogens is 1. The van der Waals surface area contributed by atoms with Gasteiger partial charge in [0.2, 0.25) is 0 Å². The summed E-state index contributed by atoms with van der Waals surface area (Å²) in [5.74, 6) is 1.35. The smallest absolute Gasteiger partial charge is 0.158 e. The SMILES string of the molecule is Cc1nn(C)c2c1nc(CCl)n2CCN(C)C(C)C. The molecule has 19 heavy (non-hydrogen) atoms. The number of nitrogens with zero attached hydrogens (tertiary/aromatic N) is 5. The van der Waals surface area contributed by atoms with Crippen molar-refractivity contribution in [3.63, 3.8) is 0 Å². The number of aromatic nitrogens is 4. The van der Waals surface area contributed by atoms with Crippen molar-refractivity contribution in [2.24, 2.45) is 7.05 Å². The van der Waals surface area contributed by atoms with Crippen LogP contribution in [0.5, 0.6) is 0 Å². The quantitative estimate of drug-likeness (QED) is 0.790. The molecular formula is C13H22ClN5. The maximum atomic E-state index is 6.02. The van der Waals surface area contributed by atoms with Crippen LogP contribution in [0, 0.1) is 6.92 Å². The Labute approximate surface area is 119 Å². The molecule has 0 saturated carbocycles. The number of rotatable bonds is 5. The number of hydrogen-bond donors (Lipinski definition) is 0. The molecule has 0 fully saturated rings. The van der Waals surface area contributed by atoms with Gasteiger partial charge in [0.1, 0.15) is 11.3 Å². The van der Waals surface area contributed by atoms with Crippen molar-refractivity contribution in [2.45, 2.75) is 39.2 Å². The summed E-state index contributed by atoms with van der Waals surface area (Å²) in [5.41, 5.74) is 2.98. The van der Waals surface area contributed by atoms with Gasteiger partial charge in [-0.3, -0.25) is 4.68 Å². The summed E-state index contributed by atoms with van der Waals surface area (Å²) >= 11 is 6.02. The molecule has 0 aromatic carbocycles. The summed E-state index contributed by atoms with van der Waals surface area (Å²) in [7, 11) is 4.09. The van der Waals surface area contributed by atoms with Crippen LogP contribution in [-0.4, -0.2) is 43.9 Å². The number of aryl methyl sites for hydroxylation is 2. The lowest BCUT2D eigenvalue weighted by atomic mass is 10.3. The number of fused-ring (bicyclic) bond motifs is 1. The Morgan fingerprint density at radius 1 is 1.37 bits per heavy atom. The molecular weight excluding hydrogens is 262 g/mol. The zero-order valence-corrected chi connectivity index (χ0v) is 13.1. The third-order valence-electron chi connectivity index (χ3n) is 3.65. The van der Waals surface area contributed by atoms with E-state index in [1.165, 1.54) is 0 Å². The summed E-state index contributed by atoms with van der Waals surface area (Å²) in [6.45, 7) is 8.22. The van der Waals surface area contributed by atoms with Gasteiger partial charge in [-0.1, -0.05) is 0 Å². The lowest BCUT2D eigenvalue weighted by Gasteiger charge is -2.21. The molecule has 2 aromatic rings. The average Bonchev–Trinajstić information content (AvgIpc) is 2.85. The summed E-state index contributed by atoms with van der Waals surface area (Å²) in [4.78, 5) is 6.92. The van der Waals surface area contributed by atoms with Crippen LogP contribution in [0.1, 0.15) is 25.4 Å². The molecule has 0 N–H and O–H groups in total. The Balaban J connectivity index is 2.35. The highest BCUT2D eigenvalue weighted by atomic mass is 35.5. The molecule has 0 unspecified atom stereocenters. The fourth-order valence-corrected chi connectivity index (χ4v) is 2.44. The summed E-state index contributed by atoms with van der Waals surface area (Å²) in [6.07, 6.45) is 0. The lowest BCUT2D eigenvalue weighted by molar-refractivity contribution is 0.263. The Kier molecular flexibility index (Phi) is 4.16. The molecule has 0 aliphatic heterocycles. The number of alkyl halides is 1. The van der Waals surface area contributed by atoms with Crippen molar-refractivity contribution in [1.29, 1.82) is 0 Å². The molecule has 0 saturated heterocycles. The predicted molar refractivity (Wildman–Crippen MR) is 78.6 cm³/mol. The van der Waals surface area contributed by atoms with Gasteiger partial charge < -0.3 is 9.47 Å². The molecule has 2 rings (SSSR count). The number of likely N-dealkylation sites (N-methyl/N-ethyl adjacent to an activating group) is 1. The molecule has 6 heteroatoms. The molecule has 5 nitrogen and oxygen atoms in total. The van der Waals surface area contributed by atoms with Crippen LogP contribution in [0.4, 0.5) is 0 Å². The van der Waals surface area contributed by atoms with E-state index in [0.29, 0.717) is 11.9 Å². The molecule has 0 aliphatic rings. The summed E-state index contributed by atoms with van der Waals surface area (Å²) < 4.78 is 4.07. The third-order valence-corrected chi connectivity index (χ3v) is 3.89. The first-order chi connectivity index (χ1) is 8.95. The molecule has 2 heterocycles. The highest BCUT2D eigenvalue weighted by Crippen LogP contribution is 2.20. The Morgan fingerprint density at radius 2 is 2.05 bits per heavy atom. The average molecular weight is 284 g/mol. The van der Waals surface area contributed by atoms with Crippen molar-refractivity contribution in [1.82, 2.24) is 24.2 Å². The lowest BCUT2D eigenvalue weighted by Crippen LogP contribution is -2.30. The van der Waals surface area contributed by atoms with Gasteiger partial charge in [-0.15, -0.1) is 11.6 Å². The van der Waals surface area contributed by atoms with E-state index in [1.807, 2.05) is 18.7 Å². The van der Waals surface area contributed by atoms with Gasteiger partial charge in [0.15, 0.2) is 5.65 Å². The summed E-state index contributed by atoms with van der Waals surface area (Å²) in [5, 5.41) is 4.43. The summed E-state index contributed by atoms with van der Waals surface area (Å²) in [6, 6.07) is 0.534. The molecule has 0 aliphatic carbocycles. The third kappa shape index (κ3) is 2.62. The molecule has 0 atom stereocenters. The van der Waals surface area contributed by atoms with E-state index < -0.39 is 0 Å². The van der Waals surface area contributed by atoms with Gasteiger partial charge in [-0.2, -0.15) is 5.10 Å².